The molecule has 242 valence electrons. The highest BCUT2D eigenvalue weighted by Crippen LogP contribution is 2.39. The molecule has 2 aromatic carbocycles. The van der Waals surface area contributed by atoms with Gasteiger partial charge in [-0.15, -0.1) is 0 Å². The molecule has 1 saturated carbocycles. The van der Waals surface area contributed by atoms with Crippen molar-refractivity contribution in [1.82, 2.24) is 14.9 Å². The van der Waals surface area contributed by atoms with Crippen LogP contribution in [0.1, 0.15) is 94.6 Å². The molecule has 8 nitrogen and oxygen atoms in total. The second-order valence-corrected chi connectivity index (χ2v) is 16.6. The Morgan fingerprint density at radius 2 is 1.67 bits per heavy atom. The normalized spacial score (nSPS) is 20.3. The molecule has 9 heteroatoms. The number of sulfonamides is 1. The van der Waals surface area contributed by atoms with Gasteiger partial charge in [0.25, 0.3) is 15.9 Å². The van der Waals surface area contributed by atoms with Crippen LogP contribution in [-0.2, 0) is 10.0 Å². The lowest BCUT2D eigenvalue weighted by Gasteiger charge is -2.38. The summed E-state index contributed by atoms with van der Waals surface area (Å²) in [5.41, 5.74) is 4.09. The Hall–Kier alpha value is -3.46. The van der Waals surface area contributed by atoms with E-state index in [2.05, 4.69) is 49.3 Å². The molecule has 1 aromatic heterocycles. The predicted octanol–water partition coefficient (Wildman–Crippen LogP) is 7.81. The van der Waals surface area contributed by atoms with E-state index in [1.54, 1.807) is 18.2 Å². The zero-order valence-corrected chi connectivity index (χ0v) is 28.6. The third kappa shape index (κ3) is 8.04. The molecule has 45 heavy (non-hydrogen) atoms. The standard InChI is InChI=1S/C36H48N4O4S/c1-24-10-8-11-25(2)32(24)30-21-31-38-34(37-30)39-45(42,43)29-13-9-12-27(20-29)33(41)40(28(23-44-31)22-35(3,4)5)19-16-26-14-17-36(6,7)18-15-26/h8-13,20-21,26,28H,14-19,22-23H2,1-7H3,(H,37,38,39)/t28-/m1/s1. The molecule has 1 aliphatic carbocycles. The summed E-state index contributed by atoms with van der Waals surface area (Å²) in [6, 6.07) is 13.8. The molecule has 4 bridgehead atoms. The number of hydrogen-bond acceptors (Lipinski definition) is 6. The minimum Gasteiger partial charge on any atom is -0.475 e. The minimum atomic E-state index is -4.10. The van der Waals surface area contributed by atoms with E-state index in [0.717, 1.165) is 36.0 Å². The Labute approximate surface area is 269 Å². The number of ether oxygens (including phenoxy) is 1. The van der Waals surface area contributed by atoms with Crippen molar-refractivity contribution in [3.63, 3.8) is 0 Å². The second-order valence-electron chi connectivity index (χ2n) is 14.9. The number of amides is 1. The van der Waals surface area contributed by atoms with E-state index in [4.69, 9.17) is 4.74 Å². The number of carbonyl (C=O) groups excluding carboxylic acids is 1. The first-order valence-corrected chi connectivity index (χ1v) is 17.6. The smallest absolute Gasteiger partial charge is 0.264 e. The number of nitrogens with zero attached hydrogens (tertiary/aromatic N) is 3. The van der Waals surface area contributed by atoms with E-state index in [-0.39, 0.29) is 40.7 Å². The highest BCUT2D eigenvalue weighted by molar-refractivity contribution is 7.92. The molecule has 0 spiro atoms. The highest BCUT2D eigenvalue weighted by atomic mass is 32.2. The van der Waals surface area contributed by atoms with Crippen LogP contribution >= 0.6 is 0 Å². The number of nitrogens with one attached hydrogen (secondary N) is 1. The summed E-state index contributed by atoms with van der Waals surface area (Å²) in [7, 11) is -4.10. The molecule has 3 aromatic rings. The lowest BCUT2D eigenvalue weighted by Crippen LogP contribution is -2.46. The number of carbonyl (C=O) groups is 1. The molecule has 1 N–H and O–H groups in total. The van der Waals surface area contributed by atoms with E-state index in [1.807, 2.05) is 36.9 Å². The van der Waals surface area contributed by atoms with E-state index in [1.165, 1.54) is 25.0 Å². The number of hydrogen-bond donors (Lipinski definition) is 1. The first kappa shape index (κ1) is 32.9. The lowest BCUT2D eigenvalue weighted by molar-refractivity contribution is 0.0503. The Balaban J connectivity index is 1.58. The van der Waals surface area contributed by atoms with Crippen LogP contribution in [0.15, 0.2) is 53.4 Å². The maximum atomic E-state index is 14.3. The molecule has 1 aliphatic heterocycles. The zero-order chi connectivity index (χ0) is 32.6. The first-order valence-electron chi connectivity index (χ1n) is 16.1. The van der Waals surface area contributed by atoms with Crippen LogP contribution in [0.25, 0.3) is 11.3 Å². The van der Waals surface area contributed by atoms with E-state index >= 15 is 0 Å². The summed E-state index contributed by atoms with van der Waals surface area (Å²) >= 11 is 0. The van der Waals surface area contributed by atoms with Gasteiger partial charge in [0.05, 0.1) is 16.6 Å². The Morgan fingerprint density at radius 3 is 2.33 bits per heavy atom. The molecule has 1 fully saturated rings. The number of fused-ring (bicyclic) bond motifs is 4. The molecule has 1 atom stereocenters. The largest absolute Gasteiger partial charge is 0.475 e. The minimum absolute atomic E-state index is 0.0158. The monoisotopic (exact) mass is 632 g/mol. The average Bonchev–Trinajstić information content (AvgIpc) is 2.95. The van der Waals surface area contributed by atoms with Crippen molar-refractivity contribution in [2.24, 2.45) is 16.7 Å². The van der Waals surface area contributed by atoms with Gasteiger partial charge in [0, 0.05) is 23.7 Å². The van der Waals surface area contributed by atoms with Crippen molar-refractivity contribution in [1.29, 1.82) is 0 Å². The van der Waals surface area contributed by atoms with Crippen molar-refractivity contribution >= 4 is 21.9 Å². The Bertz CT molecular complexity index is 1630. The van der Waals surface area contributed by atoms with Gasteiger partial charge in [-0.3, -0.25) is 4.79 Å². The number of anilines is 1. The SMILES string of the molecule is Cc1cccc(C)c1-c1cc2nc(n1)NS(=O)(=O)c1cccc(c1)C(=O)N(CCC1CCC(C)(C)CC1)[C@H](CC(C)(C)C)CO2. The molecule has 2 aliphatic rings. The van der Waals surface area contributed by atoms with Gasteiger partial charge in [0.15, 0.2) is 0 Å². The predicted molar refractivity (Wildman–Crippen MR) is 179 cm³/mol. The van der Waals surface area contributed by atoms with Crippen LogP contribution in [0, 0.1) is 30.6 Å². The number of benzene rings is 2. The fourth-order valence-electron chi connectivity index (χ4n) is 6.70. The van der Waals surface area contributed by atoms with E-state index < -0.39 is 10.0 Å². The summed E-state index contributed by atoms with van der Waals surface area (Å²) in [5, 5.41) is 0. The van der Waals surface area contributed by atoms with Crippen LogP contribution in [0.2, 0.25) is 0 Å². The van der Waals surface area contributed by atoms with Crippen LogP contribution in [-0.4, -0.2) is 48.4 Å². The van der Waals surface area contributed by atoms with E-state index in [9.17, 15) is 13.2 Å². The molecular formula is C36H48N4O4S. The third-order valence-electron chi connectivity index (χ3n) is 9.27. The molecule has 0 radical (unpaired) electrons. The van der Waals surface area contributed by atoms with Gasteiger partial charge in [-0.25, -0.2) is 18.1 Å². The fourth-order valence-corrected chi connectivity index (χ4v) is 7.69. The van der Waals surface area contributed by atoms with Crippen molar-refractivity contribution in [3.05, 3.63) is 65.2 Å². The highest BCUT2D eigenvalue weighted by Gasteiger charge is 2.33. The van der Waals surface area contributed by atoms with Crippen LogP contribution in [0.4, 0.5) is 5.95 Å². The maximum absolute atomic E-state index is 14.3. The Morgan fingerprint density at radius 1 is 1.00 bits per heavy atom. The summed E-state index contributed by atoms with van der Waals surface area (Å²) in [5.74, 6) is 0.541. The van der Waals surface area contributed by atoms with Gasteiger partial charge < -0.3 is 9.64 Å². The molecule has 1 amide bonds. The second kappa shape index (κ2) is 12.7. The van der Waals surface area contributed by atoms with Gasteiger partial charge in [-0.05, 0) is 98.4 Å². The molecule has 2 heterocycles. The third-order valence-corrected chi connectivity index (χ3v) is 10.6. The molecule has 0 unspecified atom stereocenters. The van der Waals surface area contributed by atoms with Gasteiger partial charge in [0.2, 0.25) is 11.8 Å². The van der Waals surface area contributed by atoms with Gasteiger partial charge >= 0.3 is 0 Å². The van der Waals surface area contributed by atoms with Crippen LogP contribution < -0.4 is 9.46 Å². The molecule has 5 rings (SSSR count). The number of aromatic nitrogens is 2. The molecule has 0 saturated heterocycles. The zero-order valence-electron chi connectivity index (χ0n) is 27.8. The van der Waals surface area contributed by atoms with Crippen molar-refractivity contribution < 1.29 is 17.9 Å². The van der Waals surface area contributed by atoms with Gasteiger partial charge in [-0.1, -0.05) is 58.9 Å². The van der Waals surface area contributed by atoms with Gasteiger partial charge in [0.1, 0.15) is 6.61 Å². The quantitative estimate of drug-likeness (QED) is 0.308. The number of rotatable bonds is 5. The maximum Gasteiger partial charge on any atom is 0.264 e. The summed E-state index contributed by atoms with van der Waals surface area (Å²) in [6.45, 7) is 16.0. The van der Waals surface area contributed by atoms with Crippen molar-refractivity contribution in [2.45, 2.75) is 97.9 Å². The van der Waals surface area contributed by atoms with Gasteiger partial charge in [-0.2, -0.15) is 4.98 Å². The summed E-state index contributed by atoms with van der Waals surface area (Å²) < 4.78 is 36.2. The average molecular weight is 633 g/mol. The Kier molecular flexibility index (Phi) is 9.32. The van der Waals surface area contributed by atoms with Crippen LogP contribution in [0.5, 0.6) is 5.88 Å². The van der Waals surface area contributed by atoms with Crippen molar-refractivity contribution in [2.75, 3.05) is 17.9 Å². The summed E-state index contributed by atoms with van der Waals surface area (Å²) in [4.78, 5) is 25.4. The van der Waals surface area contributed by atoms with Crippen LogP contribution in [0.3, 0.4) is 0 Å². The number of aryl methyl sites for hydroxylation is 2. The lowest BCUT2D eigenvalue weighted by atomic mass is 9.72. The molecular weight excluding hydrogens is 584 g/mol. The van der Waals surface area contributed by atoms with E-state index in [0.29, 0.717) is 35.6 Å². The van der Waals surface area contributed by atoms with Crippen molar-refractivity contribution in [3.8, 4) is 17.1 Å². The topological polar surface area (TPSA) is 101 Å². The fraction of sp³-hybridized carbons (Fsp3) is 0.528. The summed E-state index contributed by atoms with van der Waals surface area (Å²) in [6.07, 6.45) is 6.28. The first-order chi connectivity index (χ1) is 21.1.